The lowest BCUT2D eigenvalue weighted by atomic mass is 9.87. The molecular weight excluding hydrogens is 213 g/mol. The summed E-state index contributed by atoms with van der Waals surface area (Å²) in [5.41, 5.74) is 2.77. The second-order valence-corrected chi connectivity index (χ2v) is 5.96. The summed E-state index contributed by atoms with van der Waals surface area (Å²) in [4.78, 5) is 2.28. The van der Waals surface area contributed by atoms with E-state index in [-0.39, 0.29) is 5.41 Å². The van der Waals surface area contributed by atoms with Gasteiger partial charge in [-0.15, -0.1) is 0 Å². The van der Waals surface area contributed by atoms with Gasteiger partial charge < -0.3 is 4.90 Å². The first-order valence-electron chi connectivity index (χ1n) is 6.46. The van der Waals surface area contributed by atoms with Crippen LogP contribution in [0.4, 0.5) is 10.1 Å². The Morgan fingerprint density at radius 2 is 1.59 bits per heavy atom. The molecule has 2 heteroatoms. The maximum atomic E-state index is 13.1. The molecule has 0 unspecified atom stereocenters. The van der Waals surface area contributed by atoms with Gasteiger partial charge in [0.05, 0.1) is 0 Å². The van der Waals surface area contributed by atoms with Crippen molar-refractivity contribution in [1.29, 1.82) is 0 Å². The fourth-order valence-corrected chi connectivity index (χ4v) is 2.28. The minimum atomic E-state index is -0.597. The third kappa shape index (κ3) is 2.99. The Bertz CT molecular complexity index is 356. The van der Waals surface area contributed by atoms with Crippen molar-refractivity contribution in [2.24, 2.45) is 0 Å². The molecule has 1 heterocycles. The highest BCUT2D eigenvalue weighted by molar-refractivity contribution is 5.48. The Balaban J connectivity index is 2.08. The van der Waals surface area contributed by atoms with Crippen LogP contribution in [0, 0.1) is 0 Å². The molecule has 2 rings (SSSR count). The summed E-state index contributed by atoms with van der Waals surface area (Å²) in [5, 5.41) is 0. The van der Waals surface area contributed by atoms with Gasteiger partial charge in [0.2, 0.25) is 0 Å². The molecule has 0 amide bonds. The smallest absolute Gasteiger partial charge is 0.103 e. The molecule has 1 saturated heterocycles. The van der Waals surface area contributed by atoms with Gasteiger partial charge in [-0.2, -0.15) is 0 Å². The van der Waals surface area contributed by atoms with Crippen LogP contribution in [0.15, 0.2) is 24.3 Å². The molecule has 1 aromatic rings. The first-order chi connectivity index (χ1) is 7.97. The number of alkyl halides is 1. The summed E-state index contributed by atoms with van der Waals surface area (Å²) < 4.78 is 13.1. The van der Waals surface area contributed by atoms with E-state index in [0.717, 1.165) is 13.1 Å². The van der Waals surface area contributed by atoms with E-state index >= 15 is 0 Å². The Morgan fingerprint density at radius 3 is 2.06 bits per heavy atom. The molecule has 0 saturated carbocycles. The number of rotatable bonds is 1. The standard InChI is InChI=1S/C15H22FN/c1-15(2,3)12-4-6-14(7-5-12)17-10-8-13(16)9-11-17/h4-7,13H,8-11H2,1-3H3. The number of hydrogen-bond acceptors (Lipinski definition) is 1. The van der Waals surface area contributed by atoms with Gasteiger partial charge in [0.15, 0.2) is 0 Å². The SMILES string of the molecule is CC(C)(C)c1ccc(N2CCC(F)CC2)cc1. The van der Waals surface area contributed by atoms with E-state index in [2.05, 4.69) is 49.9 Å². The van der Waals surface area contributed by atoms with Crippen molar-refractivity contribution in [2.75, 3.05) is 18.0 Å². The fraction of sp³-hybridized carbons (Fsp3) is 0.600. The molecule has 0 aliphatic carbocycles. The molecule has 0 spiro atoms. The van der Waals surface area contributed by atoms with Crippen molar-refractivity contribution in [2.45, 2.75) is 45.2 Å². The van der Waals surface area contributed by atoms with Gasteiger partial charge in [0, 0.05) is 18.8 Å². The van der Waals surface area contributed by atoms with Crippen molar-refractivity contribution >= 4 is 5.69 Å². The number of benzene rings is 1. The molecule has 0 aromatic heterocycles. The molecule has 1 aromatic carbocycles. The highest BCUT2D eigenvalue weighted by Crippen LogP contribution is 2.26. The summed E-state index contributed by atoms with van der Waals surface area (Å²) in [5.74, 6) is 0. The largest absolute Gasteiger partial charge is 0.371 e. The Labute approximate surface area is 104 Å². The van der Waals surface area contributed by atoms with E-state index in [0.29, 0.717) is 12.8 Å². The minimum absolute atomic E-state index is 0.199. The number of nitrogens with zero attached hydrogens (tertiary/aromatic N) is 1. The van der Waals surface area contributed by atoms with Crippen LogP contribution < -0.4 is 4.90 Å². The van der Waals surface area contributed by atoms with Gasteiger partial charge in [0.1, 0.15) is 6.17 Å². The lowest BCUT2D eigenvalue weighted by Gasteiger charge is -2.31. The molecular formula is C15H22FN. The highest BCUT2D eigenvalue weighted by Gasteiger charge is 2.19. The molecule has 0 bridgehead atoms. The van der Waals surface area contributed by atoms with E-state index in [1.165, 1.54) is 11.3 Å². The van der Waals surface area contributed by atoms with Gasteiger partial charge in [-0.1, -0.05) is 32.9 Å². The van der Waals surface area contributed by atoms with Crippen LogP contribution in [-0.2, 0) is 5.41 Å². The first kappa shape index (κ1) is 12.4. The quantitative estimate of drug-likeness (QED) is 0.713. The molecule has 0 N–H and O–H groups in total. The van der Waals surface area contributed by atoms with Gasteiger partial charge in [-0.05, 0) is 36.0 Å². The van der Waals surface area contributed by atoms with E-state index in [1.807, 2.05) is 0 Å². The van der Waals surface area contributed by atoms with Crippen molar-refractivity contribution in [3.63, 3.8) is 0 Å². The van der Waals surface area contributed by atoms with Crippen molar-refractivity contribution in [3.05, 3.63) is 29.8 Å². The molecule has 1 nitrogen and oxygen atoms in total. The van der Waals surface area contributed by atoms with Crippen LogP contribution >= 0.6 is 0 Å². The van der Waals surface area contributed by atoms with Gasteiger partial charge >= 0.3 is 0 Å². The van der Waals surface area contributed by atoms with E-state index in [9.17, 15) is 4.39 Å². The Morgan fingerprint density at radius 1 is 1.06 bits per heavy atom. The molecule has 1 aliphatic rings. The normalized spacial score (nSPS) is 18.5. The molecule has 94 valence electrons. The zero-order valence-electron chi connectivity index (χ0n) is 11.0. The van der Waals surface area contributed by atoms with Crippen LogP contribution in [0.1, 0.15) is 39.2 Å². The van der Waals surface area contributed by atoms with Crippen LogP contribution in [0.25, 0.3) is 0 Å². The van der Waals surface area contributed by atoms with Crippen LogP contribution in [0.2, 0.25) is 0 Å². The summed E-state index contributed by atoms with van der Waals surface area (Å²) in [6, 6.07) is 8.71. The number of halogens is 1. The summed E-state index contributed by atoms with van der Waals surface area (Å²) in [6.07, 6.45) is 0.738. The Kier molecular flexibility index (Phi) is 3.41. The van der Waals surface area contributed by atoms with Gasteiger partial charge in [0.25, 0.3) is 0 Å². The second-order valence-electron chi connectivity index (χ2n) is 5.96. The van der Waals surface area contributed by atoms with Gasteiger partial charge in [-0.25, -0.2) is 4.39 Å². The maximum absolute atomic E-state index is 13.1. The molecule has 1 aliphatic heterocycles. The third-order valence-electron chi connectivity index (χ3n) is 3.52. The van der Waals surface area contributed by atoms with Crippen LogP contribution in [-0.4, -0.2) is 19.3 Å². The lowest BCUT2D eigenvalue weighted by molar-refractivity contribution is 0.277. The topological polar surface area (TPSA) is 3.24 Å². The third-order valence-corrected chi connectivity index (χ3v) is 3.52. The molecule has 0 radical (unpaired) electrons. The minimum Gasteiger partial charge on any atom is -0.371 e. The average Bonchev–Trinajstić information content (AvgIpc) is 2.29. The van der Waals surface area contributed by atoms with E-state index in [1.54, 1.807) is 0 Å². The van der Waals surface area contributed by atoms with E-state index < -0.39 is 6.17 Å². The lowest BCUT2D eigenvalue weighted by Crippen LogP contribution is -2.34. The van der Waals surface area contributed by atoms with E-state index in [4.69, 9.17) is 0 Å². The monoisotopic (exact) mass is 235 g/mol. The Hall–Kier alpha value is -1.05. The number of anilines is 1. The summed E-state index contributed by atoms with van der Waals surface area (Å²) >= 11 is 0. The second kappa shape index (κ2) is 4.67. The van der Waals surface area contributed by atoms with Crippen molar-refractivity contribution < 1.29 is 4.39 Å². The number of hydrogen-bond donors (Lipinski definition) is 0. The molecule has 1 fully saturated rings. The summed E-state index contributed by atoms with van der Waals surface area (Å²) in [7, 11) is 0. The molecule has 0 atom stereocenters. The average molecular weight is 235 g/mol. The zero-order chi connectivity index (χ0) is 12.5. The van der Waals surface area contributed by atoms with Crippen LogP contribution in [0.3, 0.4) is 0 Å². The van der Waals surface area contributed by atoms with Crippen LogP contribution in [0.5, 0.6) is 0 Å². The summed E-state index contributed by atoms with van der Waals surface area (Å²) in [6.45, 7) is 8.34. The van der Waals surface area contributed by atoms with Crippen molar-refractivity contribution in [1.82, 2.24) is 0 Å². The number of piperidine rings is 1. The maximum Gasteiger partial charge on any atom is 0.103 e. The molecule has 17 heavy (non-hydrogen) atoms. The first-order valence-corrected chi connectivity index (χ1v) is 6.46. The predicted molar refractivity (Wildman–Crippen MR) is 71.5 cm³/mol. The predicted octanol–water partition coefficient (Wildman–Crippen LogP) is 3.92. The zero-order valence-corrected chi connectivity index (χ0v) is 11.0. The highest BCUT2D eigenvalue weighted by atomic mass is 19.1. The fourth-order valence-electron chi connectivity index (χ4n) is 2.28. The van der Waals surface area contributed by atoms with Crippen molar-refractivity contribution in [3.8, 4) is 0 Å². The van der Waals surface area contributed by atoms with Gasteiger partial charge in [-0.3, -0.25) is 0 Å².